The molecule has 0 N–H and O–H groups in total. The molecule has 0 aliphatic carbocycles. The molecule has 2 aromatic carbocycles. The predicted molar refractivity (Wildman–Crippen MR) is 107 cm³/mol. The van der Waals surface area contributed by atoms with Gasteiger partial charge >= 0.3 is 0 Å². The van der Waals surface area contributed by atoms with Gasteiger partial charge < -0.3 is 4.90 Å². The van der Waals surface area contributed by atoms with E-state index < -0.39 is 0 Å². The van der Waals surface area contributed by atoms with Crippen LogP contribution in [0.15, 0.2) is 59.5 Å². The summed E-state index contributed by atoms with van der Waals surface area (Å²) in [7, 11) is 1.86. The molecule has 0 fully saturated rings. The van der Waals surface area contributed by atoms with Crippen LogP contribution in [0, 0.1) is 0 Å². The van der Waals surface area contributed by atoms with Crippen LogP contribution in [0.3, 0.4) is 0 Å². The molecular weight excluding hydrogens is 370 g/mol. The van der Waals surface area contributed by atoms with Crippen LogP contribution in [0.5, 0.6) is 0 Å². The van der Waals surface area contributed by atoms with E-state index in [1.165, 1.54) is 20.9 Å². The second-order valence-corrected chi connectivity index (χ2v) is 8.55. The molecule has 0 unspecified atom stereocenters. The molecule has 2 heterocycles. The van der Waals surface area contributed by atoms with Crippen molar-refractivity contribution >= 4 is 40.6 Å². The van der Waals surface area contributed by atoms with E-state index >= 15 is 0 Å². The average Bonchev–Trinajstić information content (AvgIpc) is 3.06. The van der Waals surface area contributed by atoms with Crippen molar-refractivity contribution < 1.29 is 4.79 Å². The zero-order chi connectivity index (χ0) is 17.4. The minimum absolute atomic E-state index is 0.0729. The Hall–Kier alpha value is -1.75. The lowest BCUT2D eigenvalue weighted by Gasteiger charge is -2.16. The highest BCUT2D eigenvalue weighted by atomic mass is 35.5. The molecule has 0 saturated carbocycles. The third-order valence-corrected chi connectivity index (χ3v) is 6.74. The van der Waals surface area contributed by atoms with Crippen molar-refractivity contribution in [3.8, 4) is 10.4 Å². The number of carbonyl (C=O) groups is 1. The summed E-state index contributed by atoms with van der Waals surface area (Å²) in [5, 5.41) is 0.755. The number of amides is 1. The number of hydrogen-bond donors (Lipinski definition) is 0. The van der Waals surface area contributed by atoms with E-state index in [-0.39, 0.29) is 5.91 Å². The highest BCUT2D eigenvalue weighted by Crippen LogP contribution is 2.46. The predicted octanol–water partition coefficient (Wildman–Crippen LogP) is 5.95. The van der Waals surface area contributed by atoms with Gasteiger partial charge in [-0.3, -0.25) is 4.79 Å². The van der Waals surface area contributed by atoms with E-state index in [1.54, 1.807) is 28.0 Å². The molecule has 0 spiro atoms. The third-order valence-electron chi connectivity index (χ3n) is 4.20. The van der Waals surface area contributed by atoms with Crippen molar-refractivity contribution in [1.82, 2.24) is 4.90 Å². The first kappa shape index (κ1) is 16.7. The number of rotatable bonds is 3. The maximum absolute atomic E-state index is 12.8. The molecule has 25 heavy (non-hydrogen) atoms. The topological polar surface area (TPSA) is 20.3 Å². The first-order chi connectivity index (χ1) is 12.1. The Morgan fingerprint density at radius 3 is 2.76 bits per heavy atom. The highest BCUT2D eigenvalue weighted by Gasteiger charge is 2.23. The summed E-state index contributed by atoms with van der Waals surface area (Å²) in [4.78, 5) is 17.8. The molecule has 0 saturated heterocycles. The number of hydrogen-bond acceptors (Lipinski definition) is 3. The Labute approximate surface area is 160 Å². The second-order valence-electron chi connectivity index (χ2n) is 6.04. The molecule has 1 aliphatic heterocycles. The van der Waals surface area contributed by atoms with Gasteiger partial charge in [0.2, 0.25) is 0 Å². The molecule has 0 bridgehead atoms. The summed E-state index contributed by atoms with van der Waals surface area (Å²) in [6, 6.07) is 18.1. The zero-order valence-corrected chi connectivity index (χ0v) is 16.0. The van der Waals surface area contributed by atoms with Gasteiger partial charge in [0.15, 0.2) is 0 Å². The van der Waals surface area contributed by atoms with Crippen LogP contribution in [0.2, 0.25) is 5.02 Å². The largest absolute Gasteiger partial charge is 0.337 e. The summed E-state index contributed by atoms with van der Waals surface area (Å²) >= 11 is 9.47. The van der Waals surface area contributed by atoms with E-state index in [0.29, 0.717) is 6.54 Å². The third kappa shape index (κ3) is 3.34. The Balaban J connectivity index is 1.60. The van der Waals surface area contributed by atoms with Gasteiger partial charge in [-0.05, 0) is 29.3 Å². The van der Waals surface area contributed by atoms with Crippen LogP contribution >= 0.6 is 34.7 Å². The van der Waals surface area contributed by atoms with Crippen LogP contribution in [-0.2, 0) is 12.3 Å². The van der Waals surface area contributed by atoms with Gasteiger partial charge in [0.1, 0.15) is 0 Å². The normalized spacial score (nSPS) is 12.4. The lowest BCUT2D eigenvalue weighted by atomic mass is 10.1. The fourth-order valence-corrected chi connectivity index (χ4v) is 5.63. The standard InChI is InChI=1S/C20H16ClNOS2/c1-22(11-13-5-3-2-4-6-13)20(23)18-9-14-12-24-17-10-15(21)7-8-16(17)19(14)25-18/h2-10H,11-12H2,1H3. The maximum atomic E-state index is 12.8. The van der Waals surface area contributed by atoms with Crippen molar-refractivity contribution in [2.75, 3.05) is 7.05 Å². The van der Waals surface area contributed by atoms with E-state index in [1.807, 2.05) is 55.6 Å². The number of thiophene rings is 1. The van der Waals surface area contributed by atoms with Crippen LogP contribution in [0.4, 0.5) is 0 Å². The average molecular weight is 386 g/mol. The minimum atomic E-state index is 0.0729. The monoisotopic (exact) mass is 385 g/mol. The molecule has 126 valence electrons. The lowest BCUT2D eigenvalue weighted by Crippen LogP contribution is -2.25. The molecule has 0 atom stereocenters. The molecule has 1 amide bonds. The molecule has 2 nitrogen and oxygen atoms in total. The van der Waals surface area contributed by atoms with Crippen molar-refractivity contribution in [3.05, 3.63) is 75.6 Å². The molecule has 1 aliphatic rings. The fraction of sp³-hybridized carbons (Fsp3) is 0.150. The Morgan fingerprint density at radius 1 is 1.16 bits per heavy atom. The Bertz CT molecular complexity index is 936. The minimum Gasteiger partial charge on any atom is -0.337 e. The summed E-state index contributed by atoms with van der Waals surface area (Å²) in [6.45, 7) is 0.614. The van der Waals surface area contributed by atoms with Crippen molar-refractivity contribution in [2.45, 2.75) is 17.2 Å². The second kappa shape index (κ2) is 6.87. The molecule has 4 rings (SSSR count). The van der Waals surface area contributed by atoms with Crippen LogP contribution in [-0.4, -0.2) is 17.9 Å². The Morgan fingerprint density at radius 2 is 1.96 bits per heavy atom. The maximum Gasteiger partial charge on any atom is 0.263 e. The van der Waals surface area contributed by atoms with Crippen LogP contribution < -0.4 is 0 Å². The summed E-state index contributed by atoms with van der Waals surface area (Å²) in [5.74, 6) is 0.957. The molecule has 0 radical (unpaired) electrons. The van der Waals surface area contributed by atoms with Gasteiger partial charge in [-0.25, -0.2) is 0 Å². The van der Waals surface area contributed by atoms with Crippen molar-refractivity contribution in [3.63, 3.8) is 0 Å². The number of fused-ring (bicyclic) bond motifs is 3. The number of halogens is 1. The SMILES string of the molecule is CN(Cc1ccccc1)C(=O)c1cc2c(s1)-c1ccc(Cl)cc1SC2. The quantitative estimate of drug-likeness (QED) is 0.555. The van der Waals surface area contributed by atoms with E-state index in [4.69, 9.17) is 11.6 Å². The van der Waals surface area contributed by atoms with Gasteiger partial charge in [0.25, 0.3) is 5.91 Å². The smallest absolute Gasteiger partial charge is 0.263 e. The van der Waals surface area contributed by atoms with Gasteiger partial charge in [-0.1, -0.05) is 48.0 Å². The number of benzene rings is 2. The van der Waals surface area contributed by atoms with Crippen molar-refractivity contribution in [1.29, 1.82) is 0 Å². The number of nitrogens with zero attached hydrogens (tertiary/aromatic N) is 1. The number of thioether (sulfide) groups is 1. The van der Waals surface area contributed by atoms with E-state index in [9.17, 15) is 4.79 Å². The van der Waals surface area contributed by atoms with E-state index in [0.717, 1.165) is 21.2 Å². The zero-order valence-electron chi connectivity index (χ0n) is 13.7. The van der Waals surface area contributed by atoms with Crippen molar-refractivity contribution in [2.24, 2.45) is 0 Å². The summed E-state index contributed by atoms with van der Waals surface area (Å²) < 4.78 is 0. The number of carbonyl (C=O) groups excluding carboxylic acids is 1. The summed E-state index contributed by atoms with van der Waals surface area (Å²) in [5.41, 5.74) is 3.56. The Kier molecular flexibility index (Phi) is 4.59. The van der Waals surface area contributed by atoms with Gasteiger partial charge in [0, 0.05) is 39.7 Å². The van der Waals surface area contributed by atoms with Crippen LogP contribution in [0.25, 0.3) is 10.4 Å². The van der Waals surface area contributed by atoms with Gasteiger partial charge in [-0.15, -0.1) is 23.1 Å². The first-order valence-corrected chi connectivity index (χ1v) is 10.1. The molecule has 3 aromatic rings. The van der Waals surface area contributed by atoms with Gasteiger partial charge in [-0.2, -0.15) is 0 Å². The highest BCUT2D eigenvalue weighted by molar-refractivity contribution is 7.98. The van der Waals surface area contributed by atoms with E-state index in [2.05, 4.69) is 6.07 Å². The fourth-order valence-electron chi connectivity index (χ4n) is 2.95. The van der Waals surface area contributed by atoms with Crippen LogP contribution in [0.1, 0.15) is 20.8 Å². The molecular formula is C20H16ClNOS2. The first-order valence-electron chi connectivity index (χ1n) is 7.96. The van der Waals surface area contributed by atoms with Gasteiger partial charge in [0.05, 0.1) is 4.88 Å². The lowest BCUT2D eigenvalue weighted by molar-refractivity contribution is 0.0790. The molecule has 1 aromatic heterocycles. The molecule has 5 heteroatoms. The summed E-state index contributed by atoms with van der Waals surface area (Å²) in [6.07, 6.45) is 0.